The number of methoxy groups -OCH3 is 1. The molecule has 0 spiro atoms. The maximum atomic E-state index is 13.5. The van der Waals surface area contributed by atoms with Gasteiger partial charge in [0.05, 0.1) is 19.4 Å². The van der Waals surface area contributed by atoms with Gasteiger partial charge < -0.3 is 19.8 Å². The molecule has 4 aromatic rings. The second-order valence-corrected chi connectivity index (χ2v) is 7.98. The van der Waals surface area contributed by atoms with Gasteiger partial charge in [0.2, 0.25) is 0 Å². The van der Waals surface area contributed by atoms with Crippen molar-refractivity contribution in [1.82, 2.24) is 10.6 Å². The van der Waals surface area contributed by atoms with E-state index in [0.29, 0.717) is 17.1 Å². The molecule has 6 heteroatoms. The molecule has 176 valence electrons. The fraction of sp³-hybridized carbons (Fsp3) is 0.103. The van der Waals surface area contributed by atoms with Gasteiger partial charge in [0.1, 0.15) is 17.2 Å². The highest BCUT2D eigenvalue weighted by molar-refractivity contribution is 6.05. The number of carbonyl (C=O) groups is 2. The van der Waals surface area contributed by atoms with Crippen molar-refractivity contribution in [1.29, 1.82) is 0 Å². The summed E-state index contributed by atoms with van der Waals surface area (Å²) < 4.78 is 10.5. The number of hydrogen-bond acceptors (Lipinski definition) is 4. The zero-order valence-electron chi connectivity index (χ0n) is 19.5. The molecule has 1 unspecified atom stereocenters. The number of benzene rings is 3. The van der Waals surface area contributed by atoms with Gasteiger partial charge in [-0.15, -0.1) is 0 Å². The second-order valence-electron chi connectivity index (χ2n) is 7.98. The van der Waals surface area contributed by atoms with Crippen molar-refractivity contribution < 1.29 is 18.7 Å². The summed E-state index contributed by atoms with van der Waals surface area (Å²) in [4.78, 5) is 26.5. The van der Waals surface area contributed by atoms with E-state index in [2.05, 4.69) is 10.6 Å². The lowest BCUT2D eigenvalue weighted by Gasteiger charge is -2.21. The van der Waals surface area contributed by atoms with Crippen LogP contribution in [0, 0.1) is 6.92 Å². The van der Waals surface area contributed by atoms with Crippen molar-refractivity contribution in [3.63, 3.8) is 0 Å². The summed E-state index contributed by atoms with van der Waals surface area (Å²) in [6, 6.07) is 27.3. The van der Waals surface area contributed by atoms with Gasteiger partial charge in [-0.05, 0) is 54.4 Å². The highest BCUT2D eigenvalue weighted by atomic mass is 16.5. The van der Waals surface area contributed by atoms with Crippen LogP contribution >= 0.6 is 0 Å². The Morgan fingerprint density at radius 3 is 2.17 bits per heavy atom. The Balaban J connectivity index is 1.63. The fourth-order valence-corrected chi connectivity index (χ4v) is 3.58. The largest absolute Gasteiger partial charge is 0.497 e. The highest BCUT2D eigenvalue weighted by Crippen LogP contribution is 2.23. The van der Waals surface area contributed by atoms with Gasteiger partial charge in [0, 0.05) is 11.6 Å². The molecule has 3 aromatic carbocycles. The topological polar surface area (TPSA) is 80.6 Å². The summed E-state index contributed by atoms with van der Waals surface area (Å²) in [5.41, 5.74) is 3.42. The minimum absolute atomic E-state index is 0.0637. The zero-order chi connectivity index (χ0) is 24.6. The average Bonchev–Trinajstić information content (AvgIpc) is 3.41. The molecule has 35 heavy (non-hydrogen) atoms. The lowest BCUT2D eigenvalue weighted by Crippen LogP contribution is -2.37. The molecule has 0 saturated heterocycles. The van der Waals surface area contributed by atoms with Crippen molar-refractivity contribution in [3.05, 3.63) is 131 Å². The van der Waals surface area contributed by atoms with E-state index in [1.807, 2.05) is 61.5 Å². The van der Waals surface area contributed by atoms with E-state index in [4.69, 9.17) is 9.15 Å². The molecule has 1 heterocycles. The normalized spacial score (nSPS) is 12.0. The van der Waals surface area contributed by atoms with Gasteiger partial charge in [0.25, 0.3) is 11.8 Å². The molecule has 4 rings (SSSR count). The molecule has 1 atom stereocenters. The van der Waals surface area contributed by atoms with Gasteiger partial charge in [0.15, 0.2) is 0 Å². The van der Waals surface area contributed by atoms with Crippen LogP contribution in [0.4, 0.5) is 0 Å². The Bertz CT molecular complexity index is 1290. The average molecular weight is 467 g/mol. The summed E-state index contributed by atoms with van der Waals surface area (Å²) in [6.07, 6.45) is 3.01. The molecular weight excluding hydrogens is 440 g/mol. The standard InChI is InChI=1S/C29H26N2O4/c1-20-10-12-22(13-11-20)27(21-7-4-3-5-8-21)31-29(33)26(19-25-9-6-18-35-25)30-28(32)23-14-16-24(34-2)17-15-23/h3-19,27H,1-2H3,(H,30,32)(H,31,33)/b26-19-. The molecular formula is C29H26N2O4. The van der Waals surface area contributed by atoms with E-state index in [0.717, 1.165) is 16.7 Å². The summed E-state index contributed by atoms with van der Waals surface area (Å²) >= 11 is 0. The van der Waals surface area contributed by atoms with Crippen molar-refractivity contribution in [2.75, 3.05) is 7.11 Å². The summed E-state index contributed by atoms with van der Waals surface area (Å²) in [5, 5.41) is 5.81. The summed E-state index contributed by atoms with van der Waals surface area (Å²) in [5.74, 6) is 0.205. The maximum Gasteiger partial charge on any atom is 0.268 e. The van der Waals surface area contributed by atoms with Crippen molar-refractivity contribution >= 4 is 17.9 Å². The SMILES string of the molecule is COc1ccc(C(=O)N/C(=C\c2ccco2)C(=O)NC(c2ccccc2)c2ccc(C)cc2)cc1. The Labute approximate surface area is 204 Å². The first-order valence-electron chi connectivity index (χ1n) is 11.2. The lowest BCUT2D eigenvalue weighted by atomic mass is 9.97. The van der Waals surface area contributed by atoms with Crippen molar-refractivity contribution in [2.45, 2.75) is 13.0 Å². The molecule has 0 aliphatic carbocycles. The summed E-state index contributed by atoms with van der Waals surface area (Å²) in [6.45, 7) is 2.01. The van der Waals surface area contributed by atoms with Crippen LogP contribution in [0.15, 0.2) is 107 Å². The van der Waals surface area contributed by atoms with Crippen LogP contribution in [-0.4, -0.2) is 18.9 Å². The monoisotopic (exact) mass is 466 g/mol. The Hall–Kier alpha value is -4.58. The first-order valence-corrected chi connectivity index (χ1v) is 11.2. The van der Waals surface area contributed by atoms with E-state index in [-0.39, 0.29) is 5.70 Å². The van der Waals surface area contributed by atoms with E-state index < -0.39 is 17.9 Å². The molecule has 0 aliphatic heterocycles. The molecule has 0 saturated carbocycles. The van der Waals surface area contributed by atoms with Crippen molar-refractivity contribution in [3.8, 4) is 5.75 Å². The van der Waals surface area contributed by atoms with Crippen LogP contribution in [0.1, 0.15) is 38.9 Å². The predicted molar refractivity (Wildman–Crippen MR) is 135 cm³/mol. The van der Waals surface area contributed by atoms with Crippen LogP contribution in [0.5, 0.6) is 5.75 Å². The second kappa shape index (κ2) is 11.0. The van der Waals surface area contributed by atoms with E-state index in [1.54, 1.807) is 43.5 Å². The molecule has 0 fully saturated rings. The maximum absolute atomic E-state index is 13.5. The number of rotatable bonds is 8. The van der Waals surface area contributed by atoms with E-state index >= 15 is 0 Å². The third kappa shape index (κ3) is 6.06. The third-order valence-corrected chi connectivity index (χ3v) is 5.49. The zero-order valence-corrected chi connectivity index (χ0v) is 19.5. The van der Waals surface area contributed by atoms with Crippen molar-refractivity contribution in [2.24, 2.45) is 0 Å². The molecule has 1 aromatic heterocycles. The number of carbonyl (C=O) groups excluding carboxylic acids is 2. The molecule has 2 N–H and O–H groups in total. The molecule has 2 amide bonds. The Kier molecular flexibility index (Phi) is 7.43. The smallest absolute Gasteiger partial charge is 0.268 e. The number of ether oxygens (including phenoxy) is 1. The number of aryl methyl sites for hydroxylation is 1. The fourth-order valence-electron chi connectivity index (χ4n) is 3.58. The van der Waals surface area contributed by atoms with E-state index in [1.165, 1.54) is 12.3 Å². The number of furan rings is 1. The van der Waals surface area contributed by atoms with Crippen LogP contribution in [0.25, 0.3) is 6.08 Å². The van der Waals surface area contributed by atoms with Crippen LogP contribution < -0.4 is 15.4 Å². The molecule has 0 radical (unpaired) electrons. The predicted octanol–water partition coefficient (Wildman–Crippen LogP) is 5.27. The van der Waals surface area contributed by atoms with Crippen LogP contribution in [-0.2, 0) is 4.79 Å². The van der Waals surface area contributed by atoms with Gasteiger partial charge in [-0.3, -0.25) is 9.59 Å². The first-order chi connectivity index (χ1) is 17.0. The first kappa shape index (κ1) is 23.6. The third-order valence-electron chi connectivity index (χ3n) is 5.49. The van der Waals surface area contributed by atoms with E-state index in [9.17, 15) is 9.59 Å². The highest BCUT2D eigenvalue weighted by Gasteiger charge is 2.21. The number of amides is 2. The Morgan fingerprint density at radius 2 is 1.54 bits per heavy atom. The molecule has 0 bridgehead atoms. The lowest BCUT2D eigenvalue weighted by molar-refractivity contribution is -0.118. The van der Waals surface area contributed by atoms with Gasteiger partial charge in [-0.25, -0.2) is 0 Å². The minimum atomic E-state index is -0.447. The quantitative estimate of drug-likeness (QED) is 0.347. The summed E-state index contributed by atoms with van der Waals surface area (Å²) in [7, 11) is 1.56. The Morgan fingerprint density at radius 1 is 0.857 bits per heavy atom. The number of nitrogens with one attached hydrogen (secondary N) is 2. The van der Waals surface area contributed by atoms with Gasteiger partial charge >= 0.3 is 0 Å². The van der Waals surface area contributed by atoms with Crippen LogP contribution in [0.2, 0.25) is 0 Å². The molecule has 6 nitrogen and oxygen atoms in total. The number of hydrogen-bond donors (Lipinski definition) is 2. The minimum Gasteiger partial charge on any atom is -0.497 e. The molecule has 0 aliphatic rings. The van der Waals surface area contributed by atoms with Gasteiger partial charge in [-0.1, -0.05) is 60.2 Å². The van der Waals surface area contributed by atoms with Crippen LogP contribution in [0.3, 0.4) is 0 Å². The van der Waals surface area contributed by atoms with Gasteiger partial charge in [-0.2, -0.15) is 0 Å².